The van der Waals surface area contributed by atoms with E-state index in [-0.39, 0.29) is 12.0 Å². The topological polar surface area (TPSA) is 76.7 Å². The lowest BCUT2D eigenvalue weighted by Crippen LogP contribution is -2.14. The smallest absolute Gasteiger partial charge is 0.340 e. The Bertz CT molecular complexity index is 727. The number of fused-ring (bicyclic) bond motifs is 1. The highest BCUT2D eigenvalue weighted by Gasteiger charge is 2.14. The van der Waals surface area contributed by atoms with Gasteiger partial charge in [0.15, 0.2) is 0 Å². The molecule has 2 aromatic rings. The van der Waals surface area contributed by atoms with E-state index in [0.717, 1.165) is 0 Å². The Morgan fingerprint density at radius 1 is 1.50 bits per heavy atom. The molecule has 0 atom stereocenters. The third kappa shape index (κ3) is 2.71. The molecule has 0 aliphatic heterocycles. The number of carboxylic acids is 1. The predicted molar refractivity (Wildman–Crippen MR) is 74.3 cm³/mol. The van der Waals surface area contributed by atoms with Crippen LogP contribution in [0.1, 0.15) is 11.1 Å². The van der Waals surface area contributed by atoms with Gasteiger partial charge >= 0.3 is 11.6 Å². The number of ether oxygens (including phenoxy) is 1. The van der Waals surface area contributed by atoms with Crippen LogP contribution in [0.4, 0.5) is 0 Å². The van der Waals surface area contributed by atoms with Crippen molar-refractivity contribution in [2.45, 2.75) is 13.3 Å². The lowest BCUT2D eigenvalue weighted by molar-refractivity contribution is -0.136. The SMILES string of the molecule is C=CCOc1ccc2c(C)c(CC(=O)O)c(=O)oc2c1. The summed E-state index contributed by atoms with van der Waals surface area (Å²) in [6.45, 7) is 5.61. The van der Waals surface area contributed by atoms with Crippen molar-refractivity contribution >= 4 is 16.9 Å². The molecule has 1 N–H and O–H groups in total. The molecular weight excluding hydrogens is 260 g/mol. The first kappa shape index (κ1) is 13.9. The molecule has 0 aliphatic rings. The third-order valence-corrected chi connectivity index (χ3v) is 2.95. The highest BCUT2D eigenvalue weighted by molar-refractivity contribution is 5.83. The summed E-state index contributed by atoms with van der Waals surface area (Å²) in [5.74, 6) is -0.503. The van der Waals surface area contributed by atoms with E-state index in [2.05, 4.69) is 6.58 Å². The van der Waals surface area contributed by atoms with E-state index in [4.69, 9.17) is 14.3 Å². The van der Waals surface area contributed by atoms with Crippen molar-refractivity contribution in [1.29, 1.82) is 0 Å². The number of aliphatic carboxylic acids is 1. The average Bonchev–Trinajstić information content (AvgIpc) is 2.40. The molecule has 0 amide bonds. The summed E-state index contributed by atoms with van der Waals surface area (Å²) in [6.07, 6.45) is 1.26. The number of rotatable bonds is 5. The Balaban J connectivity index is 2.54. The van der Waals surface area contributed by atoms with Crippen LogP contribution >= 0.6 is 0 Å². The number of hydrogen-bond acceptors (Lipinski definition) is 4. The monoisotopic (exact) mass is 274 g/mol. The van der Waals surface area contributed by atoms with Crippen molar-refractivity contribution in [3.8, 4) is 5.75 Å². The summed E-state index contributed by atoms with van der Waals surface area (Å²) in [4.78, 5) is 22.6. The molecular formula is C15H14O5. The lowest BCUT2D eigenvalue weighted by Gasteiger charge is -2.08. The molecule has 5 heteroatoms. The minimum atomic E-state index is -1.06. The highest BCUT2D eigenvalue weighted by Crippen LogP contribution is 2.24. The first-order chi connectivity index (χ1) is 9.52. The molecule has 0 fully saturated rings. The molecule has 5 nitrogen and oxygen atoms in total. The molecule has 0 spiro atoms. The number of aryl methyl sites for hydroxylation is 1. The van der Waals surface area contributed by atoms with Crippen molar-refractivity contribution < 1.29 is 19.1 Å². The quantitative estimate of drug-likeness (QED) is 0.668. The lowest BCUT2D eigenvalue weighted by atomic mass is 10.0. The van der Waals surface area contributed by atoms with Crippen molar-refractivity contribution in [2.24, 2.45) is 0 Å². The van der Waals surface area contributed by atoms with Crippen molar-refractivity contribution in [3.05, 3.63) is 52.4 Å². The molecule has 1 heterocycles. The molecule has 104 valence electrons. The van der Waals surface area contributed by atoms with Crippen LogP contribution in [0.5, 0.6) is 5.75 Å². The van der Waals surface area contributed by atoms with Crippen LogP contribution in [0.15, 0.2) is 40.1 Å². The van der Waals surface area contributed by atoms with E-state index in [1.807, 2.05) is 0 Å². The Kier molecular flexibility index (Phi) is 3.89. The molecule has 0 unspecified atom stereocenters. The van der Waals surface area contributed by atoms with Gasteiger partial charge in [0.25, 0.3) is 0 Å². The molecule has 0 aliphatic carbocycles. The second-order valence-electron chi connectivity index (χ2n) is 4.32. The summed E-state index contributed by atoms with van der Waals surface area (Å²) < 4.78 is 10.5. The highest BCUT2D eigenvalue weighted by atomic mass is 16.5. The van der Waals surface area contributed by atoms with Crippen LogP contribution in [0.25, 0.3) is 11.0 Å². The Hall–Kier alpha value is -2.56. The number of benzene rings is 1. The fraction of sp³-hybridized carbons (Fsp3) is 0.200. The molecule has 0 saturated heterocycles. The van der Waals surface area contributed by atoms with Crippen molar-refractivity contribution in [3.63, 3.8) is 0 Å². The Labute approximate surface area is 115 Å². The summed E-state index contributed by atoms with van der Waals surface area (Å²) in [6, 6.07) is 5.10. The fourth-order valence-electron chi connectivity index (χ4n) is 1.97. The first-order valence-electron chi connectivity index (χ1n) is 6.04. The minimum absolute atomic E-state index is 0.171. The van der Waals surface area contributed by atoms with Gasteiger partial charge in [-0.25, -0.2) is 4.79 Å². The van der Waals surface area contributed by atoms with Gasteiger partial charge in [-0.3, -0.25) is 4.79 Å². The fourth-order valence-corrected chi connectivity index (χ4v) is 1.97. The molecule has 0 saturated carbocycles. The standard InChI is InChI=1S/C15H14O5/c1-3-6-19-10-4-5-11-9(2)12(8-14(16)17)15(18)20-13(11)7-10/h3-5,7H,1,6,8H2,2H3,(H,16,17). The number of carboxylic acid groups (broad SMARTS) is 1. The van der Waals surface area contributed by atoms with Crippen LogP contribution in [0.3, 0.4) is 0 Å². The van der Waals surface area contributed by atoms with Gasteiger partial charge in [0.1, 0.15) is 17.9 Å². The van der Waals surface area contributed by atoms with Gasteiger partial charge in [0, 0.05) is 11.5 Å². The molecule has 2 rings (SSSR count). The van der Waals surface area contributed by atoms with E-state index in [1.165, 1.54) is 0 Å². The zero-order chi connectivity index (χ0) is 14.7. The largest absolute Gasteiger partial charge is 0.489 e. The van der Waals surface area contributed by atoms with Crippen LogP contribution in [-0.2, 0) is 11.2 Å². The zero-order valence-electron chi connectivity index (χ0n) is 11.0. The van der Waals surface area contributed by atoms with E-state index < -0.39 is 11.6 Å². The number of carbonyl (C=O) groups is 1. The maximum atomic E-state index is 11.8. The molecule has 0 bridgehead atoms. The van der Waals surface area contributed by atoms with Crippen LogP contribution < -0.4 is 10.4 Å². The van der Waals surface area contributed by atoms with Gasteiger partial charge in [-0.05, 0) is 24.6 Å². The first-order valence-corrected chi connectivity index (χ1v) is 6.04. The predicted octanol–water partition coefficient (Wildman–Crippen LogP) is 2.29. The molecule has 20 heavy (non-hydrogen) atoms. The van der Waals surface area contributed by atoms with Gasteiger partial charge < -0.3 is 14.3 Å². The average molecular weight is 274 g/mol. The van der Waals surface area contributed by atoms with E-state index in [9.17, 15) is 9.59 Å². The van der Waals surface area contributed by atoms with Gasteiger partial charge in [0.05, 0.1) is 12.0 Å². The van der Waals surface area contributed by atoms with Gasteiger partial charge in [-0.2, -0.15) is 0 Å². The van der Waals surface area contributed by atoms with E-state index in [0.29, 0.717) is 28.9 Å². The normalized spacial score (nSPS) is 10.4. The van der Waals surface area contributed by atoms with Crippen molar-refractivity contribution in [1.82, 2.24) is 0 Å². The number of hydrogen-bond donors (Lipinski definition) is 1. The van der Waals surface area contributed by atoms with Gasteiger partial charge in [-0.1, -0.05) is 12.7 Å². The van der Waals surface area contributed by atoms with Crippen LogP contribution in [-0.4, -0.2) is 17.7 Å². The molecule has 1 aromatic heterocycles. The van der Waals surface area contributed by atoms with E-state index in [1.54, 1.807) is 31.2 Å². The van der Waals surface area contributed by atoms with E-state index >= 15 is 0 Å². The van der Waals surface area contributed by atoms with Gasteiger partial charge in [0.2, 0.25) is 0 Å². The molecule has 0 radical (unpaired) electrons. The maximum Gasteiger partial charge on any atom is 0.340 e. The Morgan fingerprint density at radius 2 is 2.25 bits per heavy atom. The molecule has 1 aromatic carbocycles. The van der Waals surface area contributed by atoms with Crippen molar-refractivity contribution in [2.75, 3.05) is 6.61 Å². The second kappa shape index (κ2) is 5.61. The minimum Gasteiger partial charge on any atom is -0.489 e. The summed E-state index contributed by atoms with van der Waals surface area (Å²) in [5.41, 5.74) is 0.542. The van der Waals surface area contributed by atoms with Gasteiger partial charge in [-0.15, -0.1) is 0 Å². The second-order valence-corrected chi connectivity index (χ2v) is 4.32. The summed E-state index contributed by atoms with van der Waals surface area (Å²) >= 11 is 0. The Morgan fingerprint density at radius 3 is 2.90 bits per heavy atom. The third-order valence-electron chi connectivity index (χ3n) is 2.95. The zero-order valence-corrected chi connectivity index (χ0v) is 11.0. The summed E-state index contributed by atoms with van der Waals surface area (Å²) in [7, 11) is 0. The summed E-state index contributed by atoms with van der Waals surface area (Å²) in [5, 5.41) is 9.52. The maximum absolute atomic E-state index is 11.8. The van der Waals surface area contributed by atoms with Crippen LogP contribution in [0, 0.1) is 6.92 Å². The van der Waals surface area contributed by atoms with Crippen LogP contribution in [0.2, 0.25) is 0 Å².